The van der Waals surface area contributed by atoms with Gasteiger partial charge in [0.05, 0.1) is 0 Å². The minimum atomic E-state index is -3.11. The number of benzene rings is 1. The molecule has 8 nitrogen and oxygen atoms in total. The second-order valence-electron chi connectivity index (χ2n) is 7.66. The van der Waals surface area contributed by atoms with E-state index in [9.17, 15) is 29.7 Å². The average Bonchev–Trinajstić information content (AvgIpc) is 2.74. The number of ketones is 3. The van der Waals surface area contributed by atoms with E-state index in [0.29, 0.717) is 10.7 Å². The van der Waals surface area contributed by atoms with Gasteiger partial charge >= 0.3 is 0 Å². The number of nitrogens with zero attached hydrogens (tertiary/aromatic N) is 1. The van der Waals surface area contributed by atoms with E-state index in [1.54, 1.807) is 42.6 Å². The molecule has 32 heavy (non-hydrogen) atoms. The highest BCUT2D eigenvalue weighted by atomic mass is 35.5. The number of thioether (sulfide) groups is 1. The molecule has 1 fully saturated rings. The van der Waals surface area contributed by atoms with Crippen molar-refractivity contribution in [3.05, 3.63) is 47.7 Å². The summed E-state index contributed by atoms with van der Waals surface area (Å²) in [6.45, 7) is 2.81. The summed E-state index contributed by atoms with van der Waals surface area (Å²) in [5, 5.41) is 33.8. The van der Waals surface area contributed by atoms with Gasteiger partial charge in [-0.3, -0.25) is 14.4 Å². The number of pyridine rings is 1. The van der Waals surface area contributed by atoms with Crippen LogP contribution in [-0.4, -0.2) is 65.6 Å². The quantitative estimate of drug-likeness (QED) is 0.530. The molecule has 1 aliphatic heterocycles. The number of halogens is 1. The first kappa shape index (κ1) is 24.3. The zero-order valence-corrected chi connectivity index (χ0v) is 19.1. The number of hydrogen-bond acceptors (Lipinski definition) is 9. The maximum absolute atomic E-state index is 12.6. The third-order valence-corrected chi connectivity index (χ3v) is 7.25. The van der Waals surface area contributed by atoms with E-state index < -0.39 is 45.3 Å². The maximum atomic E-state index is 12.6. The number of ether oxygens (including phenoxy) is 1. The van der Waals surface area contributed by atoms with Crippen LogP contribution in [0.4, 0.5) is 0 Å². The first-order valence-electron chi connectivity index (χ1n) is 9.58. The summed E-state index contributed by atoms with van der Waals surface area (Å²) < 4.78 is 5.85. The number of aliphatic hydroxyl groups is 3. The van der Waals surface area contributed by atoms with Crippen LogP contribution < -0.4 is 4.74 Å². The van der Waals surface area contributed by atoms with Crippen LogP contribution in [0.3, 0.4) is 0 Å². The summed E-state index contributed by atoms with van der Waals surface area (Å²) >= 11 is 6.57. The number of carbonyl (C=O) groups is 3. The topological polar surface area (TPSA) is 134 Å². The van der Waals surface area contributed by atoms with Crippen LogP contribution in [0.2, 0.25) is 5.15 Å². The van der Waals surface area contributed by atoms with E-state index >= 15 is 0 Å². The van der Waals surface area contributed by atoms with Gasteiger partial charge in [0.1, 0.15) is 10.9 Å². The zero-order chi connectivity index (χ0) is 23.9. The number of aromatic nitrogens is 1. The number of carbonyl (C=O) groups excluding carboxylic acids is 3. The van der Waals surface area contributed by atoms with Crippen LogP contribution in [0.1, 0.15) is 20.8 Å². The molecule has 10 heteroatoms. The molecule has 0 aliphatic carbocycles. The van der Waals surface area contributed by atoms with Gasteiger partial charge in [0.25, 0.3) is 0 Å². The molecule has 3 rings (SSSR count). The Labute approximate surface area is 193 Å². The smallest absolute Gasteiger partial charge is 0.208 e. The van der Waals surface area contributed by atoms with E-state index in [0.717, 1.165) is 38.1 Å². The van der Waals surface area contributed by atoms with Crippen LogP contribution >= 0.6 is 23.4 Å². The van der Waals surface area contributed by atoms with Crippen molar-refractivity contribution in [3.63, 3.8) is 0 Å². The molecule has 0 unspecified atom stereocenters. The number of hydrogen-bond donors (Lipinski definition) is 3. The van der Waals surface area contributed by atoms with Gasteiger partial charge in [-0.2, -0.15) is 0 Å². The van der Waals surface area contributed by atoms with Crippen LogP contribution in [0.15, 0.2) is 42.6 Å². The first-order chi connectivity index (χ1) is 14.9. The van der Waals surface area contributed by atoms with Crippen molar-refractivity contribution in [1.29, 1.82) is 0 Å². The highest BCUT2D eigenvalue weighted by Crippen LogP contribution is 2.49. The molecule has 1 aromatic heterocycles. The normalized spacial score (nSPS) is 29.9. The SMILES string of the molecule is CC(=O)[C@]1(O)[C@@](O)(C(C)=O)CS[C@H](Oc2cccc(-c3ccc(Cl)nc3)c2)[C@@]1(O)C(C)=O. The summed E-state index contributed by atoms with van der Waals surface area (Å²) in [6, 6.07) is 9.99. The van der Waals surface area contributed by atoms with Gasteiger partial charge in [0.15, 0.2) is 34.0 Å². The Kier molecular flexibility index (Phi) is 6.52. The molecule has 1 aliphatic rings. The molecule has 0 spiro atoms. The lowest BCUT2D eigenvalue weighted by molar-refractivity contribution is -0.235. The van der Waals surface area contributed by atoms with Crippen LogP contribution in [0, 0.1) is 0 Å². The van der Waals surface area contributed by atoms with Gasteiger partial charge in [0.2, 0.25) is 5.60 Å². The van der Waals surface area contributed by atoms with Crippen molar-refractivity contribution < 1.29 is 34.4 Å². The molecule has 0 amide bonds. The average molecular weight is 480 g/mol. The molecule has 0 radical (unpaired) electrons. The van der Waals surface area contributed by atoms with E-state index in [2.05, 4.69) is 4.98 Å². The summed E-state index contributed by atoms with van der Waals surface area (Å²) in [5.41, 5.74) is -8.76. The second kappa shape index (κ2) is 8.57. The highest BCUT2D eigenvalue weighted by molar-refractivity contribution is 8.00. The van der Waals surface area contributed by atoms with Gasteiger partial charge in [-0.25, -0.2) is 4.98 Å². The van der Waals surface area contributed by atoms with Crippen molar-refractivity contribution in [2.24, 2.45) is 0 Å². The third-order valence-electron chi connectivity index (χ3n) is 5.70. The first-order valence-corrected chi connectivity index (χ1v) is 11.0. The van der Waals surface area contributed by atoms with Crippen LogP contribution in [-0.2, 0) is 14.4 Å². The summed E-state index contributed by atoms with van der Waals surface area (Å²) in [7, 11) is 0. The zero-order valence-electron chi connectivity index (χ0n) is 17.5. The fraction of sp³-hybridized carbons (Fsp3) is 0.364. The largest absolute Gasteiger partial charge is 0.476 e. The Morgan fingerprint density at radius 1 is 1.03 bits per heavy atom. The molecule has 0 saturated carbocycles. The molecule has 2 aromatic rings. The minimum Gasteiger partial charge on any atom is -0.476 e. The van der Waals surface area contributed by atoms with Crippen molar-refractivity contribution in [3.8, 4) is 16.9 Å². The predicted molar refractivity (Wildman–Crippen MR) is 118 cm³/mol. The lowest BCUT2D eigenvalue weighted by Crippen LogP contribution is -2.82. The third kappa shape index (κ3) is 3.64. The van der Waals surface area contributed by atoms with Crippen LogP contribution in [0.5, 0.6) is 5.75 Å². The minimum absolute atomic E-state index is 0.216. The highest BCUT2D eigenvalue weighted by Gasteiger charge is 2.75. The molecular weight excluding hydrogens is 458 g/mol. The number of rotatable bonds is 6. The standard InChI is InChI=1S/C22H22ClNO7S/c1-12(25)20(28)11-32-19(21(29,13(2)26)22(20,30)14(3)27)31-17-6-4-5-15(9-17)16-7-8-18(23)24-10-16/h4-10,19,28-30H,11H2,1-3H3/t19-,20-,21-,22-/m0/s1. The summed E-state index contributed by atoms with van der Waals surface area (Å²) in [6.07, 6.45) is 1.56. The maximum Gasteiger partial charge on any atom is 0.208 e. The molecule has 2 heterocycles. The van der Waals surface area contributed by atoms with E-state index in [-0.39, 0.29) is 5.75 Å². The fourth-order valence-electron chi connectivity index (χ4n) is 3.78. The van der Waals surface area contributed by atoms with Crippen molar-refractivity contribution >= 4 is 40.7 Å². The van der Waals surface area contributed by atoms with Gasteiger partial charge in [-0.1, -0.05) is 23.7 Å². The van der Waals surface area contributed by atoms with Gasteiger partial charge in [-0.15, -0.1) is 11.8 Å². The Hall–Kier alpha value is -2.30. The van der Waals surface area contributed by atoms with E-state index in [4.69, 9.17) is 16.3 Å². The van der Waals surface area contributed by atoms with Gasteiger partial charge in [0, 0.05) is 17.5 Å². The Morgan fingerprint density at radius 2 is 1.72 bits per heavy atom. The number of Topliss-reactive ketones (excluding diaryl/α,β-unsaturated/α-hetero) is 3. The molecular formula is C22H22ClNO7S. The van der Waals surface area contributed by atoms with E-state index in [1.165, 1.54) is 0 Å². The van der Waals surface area contributed by atoms with Crippen molar-refractivity contribution in [1.82, 2.24) is 4.98 Å². The summed E-state index contributed by atoms with van der Waals surface area (Å²) in [4.78, 5) is 41.3. The van der Waals surface area contributed by atoms with Crippen molar-refractivity contribution in [2.45, 2.75) is 43.0 Å². The molecule has 170 valence electrons. The Bertz CT molecular complexity index is 1080. The Morgan fingerprint density at radius 3 is 2.25 bits per heavy atom. The monoisotopic (exact) mass is 479 g/mol. The molecule has 1 aromatic carbocycles. The lowest BCUT2D eigenvalue weighted by Gasteiger charge is -2.54. The molecule has 1 saturated heterocycles. The second-order valence-corrected chi connectivity index (χ2v) is 9.10. The van der Waals surface area contributed by atoms with Gasteiger partial charge < -0.3 is 20.1 Å². The summed E-state index contributed by atoms with van der Waals surface area (Å²) in [5.74, 6) is -3.39. The predicted octanol–water partition coefficient (Wildman–Crippen LogP) is 1.81. The molecule has 0 bridgehead atoms. The molecule has 4 atom stereocenters. The lowest BCUT2D eigenvalue weighted by atomic mass is 9.65. The van der Waals surface area contributed by atoms with Crippen LogP contribution in [0.25, 0.3) is 11.1 Å². The van der Waals surface area contributed by atoms with Gasteiger partial charge in [-0.05, 0) is 50.6 Å². The van der Waals surface area contributed by atoms with Crippen molar-refractivity contribution in [2.75, 3.05) is 5.75 Å². The van der Waals surface area contributed by atoms with E-state index in [1.807, 2.05) is 0 Å². The fourth-order valence-corrected chi connectivity index (χ4v) is 5.46. The molecule has 3 N–H and O–H groups in total. The Balaban J connectivity index is 2.04.